The lowest BCUT2D eigenvalue weighted by molar-refractivity contribution is -0.131. The van der Waals surface area contributed by atoms with Gasteiger partial charge in [-0.25, -0.2) is 0 Å². The van der Waals surface area contributed by atoms with E-state index < -0.39 is 6.04 Å². The highest BCUT2D eigenvalue weighted by Gasteiger charge is 2.28. The normalized spacial score (nSPS) is 22.5. The molecule has 2 atom stereocenters. The number of terminal acetylenes is 1. The zero-order valence-electron chi connectivity index (χ0n) is 9.11. The predicted octanol–water partition coefficient (Wildman–Crippen LogP) is -0.168. The first-order chi connectivity index (χ1) is 7.19. The summed E-state index contributed by atoms with van der Waals surface area (Å²) in [5, 5.41) is 0. The Labute approximate surface area is 90.8 Å². The molecule has 1 heterocycles. The van der Waals surface area contributed by atoms with E-state index >= 15 is 0 Å². The highest BCUT2D eigenvalue weighted by molar-refractivity contribution is 5.82. The SMILES string of the molecule is C#CCC(N)C(=O)N1CCC(COC)C1. The zero-order chi connectivity index (χ0) is 11.3. The lowest BCUT2D eigenvalue weighted by Crippen LogP contribution is -2.42. The summed E-state index contributed by atoms with van der Waals surface area (Å²) in [5.41, 5.74) is 5.66. The van der Waals surface area contributed by atoms with Gasteiger partial charge < -0.3 is 15.4 Å². The molecule has 0 saturated carbocycles. The monoisotopic (exact) mass is 210 g/mol. The Kier molecular flexibility index (Phi) is 4.60. The van der Waals surface area contributed by atoms with Crippen molar-refractivity contribution in [3.8, 4) is 12.3 Å². The van der Waals surface area contributed by atoms with Crippen molar-refractivity contribution in [3.05, 3.63) is 0 Å². The predicted molar refractivity (Wildman–Crippen MR) is 58.0 cm³/mol. The maximum atomic E-state index is 11.7. The first kappa shape index (κ1) is 12.0. The molecule has 1 rings (SSSR count). The van der Waals surface area contributed by atoms with E-state index in [1.807, 2.05) is 0 Å². The second kappa shape index (κ2) is 5.74. The Hall–Kier alpha value is -1.05. The highest BCUT2D eigenvalue weighted by atomic mass is 16.5. The van der Waals surface area contributed by atoms with Gasteiger partial charge in [-0.1, -0.05) is 0 Å². The largest absolute Gasteiger partial charge is 0.384 e. The Morgan fingerprint density at radius 3 is 3.13 bits per heavy atom. The van der Waals surface area contributed by atoms with Crippen molar-refractivity contribution in [1.82, 2.24) is 4.90 Å². The van der Waals surface area contributed by atoms with Gasteiger partial charge in [0.25, 0.3) is 0 Å². The molecule has 0 radical (unpaired) electrons. The summed E-state index contributed by atoms with van der Waals surface area (Å²) in [4.78, 5) is 13.5. The molecule has 1 aliphatic rings. The van der Waals surface area contributed by atoms with Gasteiger partial charge in [-0.15, -0.1) is 12.3 Å². The molecular weight excluding hydrogens is 192 g/mol. The number of likely N-dealkylation sites (tertiary alicyclic amines) is 1. The van der Waals surface area contributed by atoms with Crippen LogP contribution in [-0.4, -0.2) is 43.7 Å². The highest BCUT2D eigenvalue weighted by Crippen LogP contribution is 2.17. The molecule has 0 spiro atoms. The molecule has 15 heavy (non-hydrogen) atoms. The first-order valence-electron chi connectivity index (χ1n) is 5.15. The molecule has 0 aromatic carbocycles. The summed E-state index contributed by atoms with van der Waals surface area (Å²) in [6.45, 7) is 2.21. The second-order valence-electron chi connectivity index (χ2n) is 3.91. The molecule has 0 aromatic rings. The molecule has 0 bridgehead atoms. The van der Waals surface area contributed by atoms with Gasteiger partial charge in [0, 0.05) is 32.5 Å². The van der Waals surface area contributed by atoms with Crippen molar-refractivity contribution in [2.75, 3.05) is 26.8 Å². The molecule has 4 heteroatoms. The van der Waals surface area contributed by atoms with Gasteiger partial charge in [-0.3, -0.25) is 4.79 Å². The van der Waals surface area contributed by atoms with Gasteiger partial charge >= 0.3 is 0 Å². The molecule has 0 aliphatic carbocycles. The number of amides is 1. The summed E-state index contributed by atoms with van der Waals surface area (Å²) in [6, 6.07) is -0.545. The molecule has 4 nitrogen and oxygen atoms in total. The number of ether oxygens (including phenoxy) is 1. The molecule has 0 aromatic heterocycles. The van der Waals surface area contributed by atoms with Crippen LogP contribution in [0.3, 0.4) is 0 Å². The van der Waals surface area contributed by atoms with E-state index in [1.165, 1.54) is 0 Å². The van der Waals surface area contributed by atoms with E-state index in [-0.39, 0.29) is 5.91 Å². The van der Waals surface area contributed by atoms with Crippen LogP contribution in [0.5, 0.6) is 0 Å². The maximum Gasteiger partial charge on any atom is 0.240 e. The first-order valence-corrected chi connectivity index (χ1v) is 5.15. The van der Waals surface area contributed by atoms with Gasteiger partial charge in [0.15, 0.2) is 0 Å². The number of nitrogens with zero attached hydrogens (tertiary/aromatic N) is 1. The van der Waals surface area contributed by atoms with Gasteiger partial charge in [0.2, 0.25) is 5.91 Å². The van der Waals surface area contributed by atoms with Crippen molar-refractivity contribution in [2.45, 2.75) is 18.9 Å². The van der Waals surface area contributed by atoms with Gasteiger partial charge in [0.05, 0.1) is 12.6 Å². The van der Waals surface area contributed by atoms with E-state index in [0.717, 1.165) is 19.5 Å². The van der Waals surface area contributed by atoms with E-state index in [0.29, 0.717) is 18.9 Å². The fraction of sp³-hybridized carbons (Fsp3) is 0.727. The molecule has 1 aliphatic heterocycles. The lowest BCUT2D eigenvalue weighted by Gasteiger charge is -2.19. The minimum Gasteiger partial charge on any atom is -0.384 e. The van der Waals surface area contributed by atoms with E-state index in [9.17, 15) is 4.79 Å². The van der Waals surface area contributed by atoms with Gasteiger partial charge in [0.1, 0.15) is 0 Å². The average molecular weight is 210 g/mol. The third-order valence-electron chi connectivity index (χ3n) is 2.65. The van der Waals surface area contributed by atoms with Crippen LogP contribution in [0.15, 0.2) is 0 Å². The van der Waals surface area contributed by atoms with Crippen molar-refractivity contribution in [2.24, 2.45) is 11.7 Å². The van der Waals surface area contributed by atoms with Crippen LogP contribution >= 0.6 is 0 Å². The summed E-state index contributed by atoms with van der Waals surface area (Å²) in [6.07, 6.45) is 6.42. The third kappa shape index (κ3) is 3.22. The fourth-order valence-corrected chi connectivity index (χ4v) is 1.85. The summed E-state index contributed by atoms with van der Waals surface area (Å²) >= 11 is 0. The molecular formula is C11H18N2O2. The zero-order valence-corrected chi connectivity index (χ0v) is 9.11. The van der Waals surface area contributed by atoms with E-state index in [1.54, 1.807) is 12.0 Å². The standard InChI is InChI=1S/C11H18N2O2/c1-3-4-10(12)11(14)13-6-5-9(7-13)8-15-2/h1,9-10H,4-8,12H2,2H3. The number of carbonyl (C=O) groups is 1. The Morgan fingerprint density at radius 1 is 1.80 bits per heavy atom. The molecule has 1 saturated heterocycles. The van der Waals surface area contributed by atoms with Crippen LogP contribution in [0.1, 0.15) is 12.8 Å². The third-order valence-corrected chi connectivity index (χ3v) is 2.65. The van der Waals surface area contributed by atoms with Gasteiger partial charge in [-0.2, -0.15) is 0 Å². The van der Waals surface area contributed by atoms with Crippen LogP contribution in [0.4, 0.5) is 0 Å². The summed E-state index contributed by atoms with van der Waals surface area (Å²) in [5.74, 6) is 2.82. The fourth-order valence-electron chi connectivity index (χ4n) is 1.85. The van der Waals surface area contributed by atoms with Crippen molar-refractivity contribution < 1.29 is 9.53 Å². The quantitative estimate of drug-likeness (QED) is 0.656. The Balaban J connectivity index is 2.40. The lowest BCUT2D eigenvalue weighted by atomic mass is 10.1. The topological polar surface area (TPSA) is 55.6 Å². The van der Waals surface area contributed by atoms with Gasteiger partial charge in [-0.05, 0) is 6.42 Å². The molecule has 2 N–H and O–H groups in total. The van der Waals surface area contributed by atoms with Crippen LogP contribution < -0.4 is 5.73 Å². The number of nitrogens with two attached hydrogens (primary N) is 1. The smallest absolute Gasteiger partial charge is 0.240 e. The maximum absolute atomic E-state index is 11.7. The van der Waals surface area contributed by atoms with Crippen molar-refractivity contribution in [1.29, 1.82) is 0 Å². The molecule has 1 amide bonds. The Morgan fingerprint density at radius 2 is 2.53 bits per heavy atom. The molecule has 84 valence electrons. The average Bonchev–Trinajstić information content (AvgIpc) is 2.66. The van der Waals surface area contributed by atoms with Crippen LogP contribution in [0, 0.1) is 18.3 Å². The van der Waals surface area contributed by atoms with Crippen LogP contribution in [0.2, 0.25) is 0 Å². The number of methoxy groups -OCH3 is 1. The van der Waals surface area contributed by atoms with E-state index in [2.05, 4.69) is 5.92 Å². The molecule has 2 unspecified atom stereocenters. The van der Waals surface area contributed by atoms with Crippen LogP contribution in [-0.2, 0) is 9.53 Å². The minimum atomic E-state index is -0.545. The number of hydrogen-bond acceptors (Lipinski definition) is 3. The van der Waals surface area contributed by atoms with Crippen LogP contribution in [0.25, 0.3) is 0 Å². The van der Waals surface area contributed by atoms with E-state index in [4.69, 9.17) is 16.9 Å². The Bertz CT molecular complexity index is 260. The van der Waals surface area contributed by atoms with Crippen molar-refractivity contribution >= 4 is 5.91 Å². The number of hydrogen-bond donors (Lipinski definition) is 1. The summed E-state index contributed by atoms with van der Waals surface area (Å²) < 4.78 is 5.06. The molecule has 1 fully saturated rings. The number of carbonyl (C=O) groups excluding carboxylic acids is 1. The number of rotatable bonds is 4. The minimum absolute atomic E-state index is 0.0356. The van der Waals surface area contributed by atoms with Crippen molar-refractivity contribution in [3.63, 3.8) is 0 Å². The summed E-state index contributed by atoms with van der Waals surface area (Å²) in [7, 11) is 1.68. The second-order valence-corrected chi connectivity index (χ2v) is 3.91.